The fourth-order valence-electron chi connectivity index (χ4n) is 3.18. The summed E-state index contributed by atoms with van der Waals surface area (Å²) in [7, 11) is 0. The van der Waals surface area contributed by atoms with E-state index in [0.29, 0.717) is 0 Å². The van der Waals surface area contributed by atoms with Gasteiger partial charge in [-0.15, -0.1) is 22.7 Å². The summed E-state index contributed by atoms with van der Waals surface area (Å²) in [4.78, 5) is 17.2. The number of aryl methyl sites for hydroxylation is 1. The van der Waals surface area contributed by atoms with Crippen molar-refractivity contribution < 1.29 is 4.79 Å². The molecular formula is C17H22N2OS2. The fourth-order valence-corrected chi connectivity index (χ4v) is 4.97. The number of carbonyl (C=O) groups excluding carboxylic acids is 1. The minimum atomic E-state index is 0.0563. The first-order valence-electron chi connectivity index (χ1n) is 7.79. The van der Waals surface area contributed by atoms with E-state index in [2.05, 4.69) is 34.7 Å². The van der Waals surface area contributed by atoms with Crippen LogP contribution in [0.5, 0.6) is 0 Å². The van der Waals surface area contributed by atoms with Gasteiger partial charge in [0, 0.05) is 10.9 Å². The Morgan fingerprint density at radius 3 is 2.59 bits per heavy atom. The lowest BCUT2D eigenvalue weighted by atomic mass is 10.1. The predicted molar refractivity (Wildman–Crippen MR) is 93.9 cm³/mol. The Bertz CT molecular complexity index is 614. The Balaban J connectivity index is 1.76. The van der Waals surface area contributed by atoms with Crippen molar-refractivity contribution in [3.05, 3.63) is 44.3 Å². The molecule has 0 unspecified atom stereocenters. The first kappa shape index (κ1) is 15.7. The van der Waals surface area contributed by atoms with E-state index < -0.39 is 0 Å². The van der Waals surface area contributed by atoms with Crippen molar-refractivity contribution in [1.82, 2.24) is 10.2 Å². The van der Waals surface area contributed by atoms with E-state index in [0.717, 1.165) is 23.5 Å². The van der Waals surface area contributed by atoms with Crippen molar-refractivity contribution in [2.75, 3.05) is 13.1 Å². The highest BCUT2D eigenvalue weighted by atomic mass is 32.1. The van der Waals surface area contributed by atoms with Crippen LogP contribution >= 0.6 is 22.7 Å². The van der Waals surface area contributed by atoms with Gasteiger partial charge in [-0.3, -0.25) is 9.69 Å². The zero-order valence-electron chi connectivity index (χ0n) is 13.0. The van der Waals surface area contributed by atoms with Crippen LogP contribution in [0, 0.1) is 6.92 Å². The van der Waals surface area contributed by atoms with E-state index in [9.17, 15) is 4.79 Å². The minimum Gasteiger partial charge on any atom is -0.347 e. The highest BCUT2D eigenvalue weighted by molar-refractivity contribution is 7.12. The molecule has 0 aromatic carbocycles. The molecule has 0 saturated carbocycles. The van der Waals surface area contributed by atoms with Crippen LogP contribution in [-0.4, -0.2) is 29.9 Å². The molecule has 2 aromatic rings. The van der Waals surface area contributed by atoms with Crippen molar-refractivity contribution in [1.29, 1.82) is 0 Å². The molecule has 22 heavy (non-hydrogen) atoms. The number of nitrogens with one attached hydrogen (secondary N) is 1. The van der Waals surface area contributed by atoms with Gasteiger partial charge >= 0.3 is 0 Å². The smallest absolute Gasteiger partial charge is 0.261 e. The molecule has 3 heterocycles. The number of hydrogen-bond acceptors (Lipinski definition) is 4. The summed E-state index contributed by atoms with van der Waals surface area (Å²) in [6.45, 7) is 6.37. The largest absolute Gasteiger partial charge is 0.347 e. The third-order valence-corrected chi connectivity index (χ3v) is 6.23. The summed E-state index contributed by atoms with van der Waals surface area (Å²) in [6.07, 6.45) is 2.51. The first-order valence-corrected chi connectivity index (χ1v) is 9.55. The van der Waals surface area contributed by atoms with Crippen molar-refractivity contribution in [3.63, 3.8) is 0 Å². The zero-order chi connectivity index (χ0) is 15.5. The van der Waals surface area contributed by atoms with Gasteiger partial charge in [-0.25, -0.2) is 0 Å². The van der Waals surface area contributed by atoms with Crippen LogP contribution in [0.15, 0.2) is 29.0 Å². The zero-order valence-corrected chi connectivity index (χ0v) is 14.7. The monoisotopic (exact) mass is 334 g/mol. The molecule has 1 amide bonds. The summed E-state index contributed by atoms with van der Waals surface area (Å²) < 4.78 is 0. The standard InChI is InChI=1S/C17H22N2OS2/c1-12-7-11-22-16(12)17(20)18-13(2)15(14-6-5-10-21-14)19-8-3-4-9-19/h5-7,10-11,13,15H,3-4,8-9H2,1-2H3,(H,18,20)/t13-,15+/m0/s1. The molecule has 3 nitrogen and oxygen atoms in total. The van der Waals surface area contributed by atoms with E-state index in [-0.39, 0.29) is 18.0 Å². The number of likely N-dealkylation sites (tertiary alicyclic amines) is 1. The number of thiophene rings is 2. The molecule has 0 radical (unpaired) electrons. The Morgan fingerprint density at radius 2 is 2.00 bits per heavy atom. The van der Waals surface area contributed by atoms with Gasteiger partial charge in [0.2, 0.25) is 0 Å². The Labute approximate surface area is 140 Å². The van der Waals surface area contributed by atoms with Crippen LogP contribution in [0.3, 0.4) is 0 Å². The number of amides is 1. The molecule has 3 rings (SSSR count). The molecule has 2 aromatic heterocycles. The maximum atomic E-state index is 12.5. The molecular weight excluding hydrogens is 312 g/mol. The van der Waals surface area contributed by atoms with Gasteiger partial charge in [0.15, 0.2) is 0 Å². The van der Waals surface area contributed by atoms with E-state index >= 15 is 0 Å². The van der Waals surface area contributed by atoms with E-state index in [4.69, 9.17) is 0 Å². The van der Waals surface area contributed by atoms with Crippen LogP contribution < -0.4 is 5.32 Å². The maximum Gasteiger partial charge on any atom is 0.261 e. The van der Waals surface area contributed by atoms with Crippen LogP contribution in [0.2, 0.25) is 0 Å². The van der Waals surface area contributed by atoms with Crippen molar-refractivity contribution in [3.8, 4) is 0 Å². The highest BCUT2D eigenvalue weighted by Crippen LogP contribution is 2.31. The number of hydrogen-bond donors (Lipinski definition) is 1. The molecule has 1 N–H and O–H groups in total. The number of carbonyl (C=O) groups is 1. The fraction of sp³-hybridized carbons (Fsp3) is 0.471. The van der Waals surface area contributed by atoms with Gasteiger partial charge in [-0.1, -0.05) is 6.07 Å². The summed E-state index contributed by atoms with van der Waals surface area (Å²) in [5.74, 6) is 0.0563. The second kappa shape index (κ2) is 6.94. The van der Waals surface area contributed by atoms with Crippen LogP contribution in [0.4, 0.5) is 0 Å². The van der Waals surface area contributed by atoms with Crippen molar-refractivity contribution in [2.45, 2.75) is 38.8 Å². The molecule has 1 aliphatic heterocycles. The minimum absolute atomic E-state index is 0.0563. The second-order valence-corrected chi connectivity index (χ2v) is 7.79. The summed E-state index contributed by atoms with van der Waals surface area (Å²) in [6, 6.07) is 6.67. The van der Waals surface area contributed by atoms with Gasteiger partial charge in [0.25, 0.3) is 5.91 Å². The lowest BCUT2D eigenvalue weighted by molar-refractivity contribution is 0.0911. The lowest BCUT2D eigenvalue weighted by Crippen LogP contribution is -2.43. The molecule has 1 aliphatic rings. The average Bonchev–Trinajstić information content (AvgIpc) is 3.20. The van der Waals surface area contributed by atoms with E-state index in [1.165, 1.54) is 29.1 Å². The lowest BCUT2D eigenvalue weighted by Gasteiger charge is -2.32. The van der Waals surface area contributed by atoms with Crippen LogP contribution in [0.1, 0.15) is 45.9 Å². The van der Waals surface area contributed by atoms with E-state index in [1.54, 1.807) is 11.3 Å². The second-order valence-electron chi connectivity index (χ2n) is 5.90. The predicted octanol–water partition coefficient (Wildman–Crippen LogP) is 4.07. The first-order chi connectivity index (χ1) is 10.7. The molecule has 0 spiro atoms. The normalized spacial score (nSPS) is 18.3. The van der Waals surface area contributed by atoms with E-state index in [1.807, 2.05) is 18.4 Å². The quantitative estimate of drug-likeness (QED) is 0.894. The molecule has 0 bridgehead atoms. The van der Waals surface area contributed by atoms with Gasteiger partial charge in [0.05, 0.1) is 10.9 Å². The van der Waals surface area contributed by atoms with Crippen molar-refractivity contribution >= 4 is 28.6 Å². The topological polar surface area (TPSA) is 32.3 Å². The SMILES string of the molecule is Cc1ccsc1C(=O)N[C@@H](C)[C@H](c1cccs1)N1CCCC1. The van der Waals surface area contributed by atoms with Gasteiger partial charge in [-0.05, 0) is 68.2 Å². The van der Waals surface area contributed by atoms with Gasteiger partial charge in [-0.2, -0.15) is 0 Å². The van der Waals surface area contributed by atoms with Gasteiger partial charge in [0.1, 0.15) is 0 Å². The third kappa shape index (κ3) is 3.26. The van der Waals surface area contributed by atoms with Crippen molar-refractivity contribution in [2.24, 2.45) is 0 Å². The molecule has 1 fully saturated rings. The molecule has 2 atom stereocenters. The number of nitrogens with zero attached hydrogens (tertiary/aromatic N) is 1. The summed E-state index contributed by atoms with van der Waals surface area (Å²) in [5, 5.41) is 7.32. The maximum absolute atomic E-state index is 12.5. The van der Waals surface area contributed by atoms with Crippen LogP contribution in [0.25, 0.3) is 0 Å². The third-order valence-electron chi connectivity index (χ3n) is 4.27. The van der Waals surface area contributed by atoms with Crippen LogP contribution in [-0.2, 0) is 0 Å². The van der Waals surface area contributed by atoms with Gasteiger partial charge < -0.3 is 5.32 Å². The Kier molecular flexibility index (Phi) is 4.96. The average molecular weight is 335 g/mol. The Hall–Kier alpha value is -1.17. The number of rotatable bonds is 5. The summed E-state index contributed by atoms with van der Waals surface area (Å²) in [5.41, 5.74) is 1.06. The molecule has 5 heteroatoms. The highest BCUT2D eigenvalue weighted by Gasteiger charge is 2.30. The molecule has 118 valence electrons. The Morgan fingerprint density at radius 1 is 1.23 bits per heavy atom. The molecule has 0 aliphatic carbocycles. The molecule has 1 saturated heterocycles. The summed E-state index contributed by atoms with van der Waals surface area (Å²) >= 11 is 3.30.